The molecule has 0 radical (unpaired) electrons. The molecule has 1 aliphatic rings. The van der Waals surface area contributed by atoms with Crippen LogP contribution in [-0.4, -0.2) is 31.7 Å². The van der Waals surface area contributed by atoms with E-state index >= 15 is 0 Å². The summed E-state index contributed by atoms with van der Waals surface area (Å²) in [4.78, 5) is 12.5. The van der Waals surface area contributed by atoms with Crippen molar-refractivity contribution in [1.82, 2.24) is 9.62 Å². The van der Waals surface area contributed by atoms with Crippen molar-refractivity contribution >= 4 is 27.5 Å². The number of aryl methyl sites for hydroxylation is 1. The highest BCUT2D eigenvalue weighted by atomic mass is 35.5. The van der Waals surface area contributed by atoms with Crippen LogP contribution < -0.4 is 5.32 Å². The van der Waals surface area contributed by atoms with Crippen molar-refractivity contribution in [3.63, 3.8) is 0 Å². The molecule has 1 aliphatic heterocycles. The lowest BCUT2D eigenvalue weighted by Gasteiger charge is -2.34. The minimum atomic E-state index is -3.81. The molecular weight excluding hydrogens is 348 g/mol. The van der Waals surface area contributed by atoms with Crippen molar-refractivity contribution in [1.29, 1.82) is 0 Å². The summed E-state index contributed by atoms with van der Waals surface area (Å²) in [6, 6.07) is 12.4. The van der Waals surface area contributed by atoms with Crippen LogP contribution in [0.1, 0.15) is 17.2 Å². The molecule has 3 rings (SSSR count). The third-order valence-electron chi connectivity index (χ3n) is 3.98. The van der Waals surface area contributed by atoms with Gasteiger partial charge in [-0.2, -0.15) is 4.31 Å². The van der Waals surface area contributed by atoms with E-state index in [9.17, 15) is 13.2 Å². The van der Waals surface area contributed by atoms with Gasteiger partial charge in [0.05, 0.1) is 4.90 Å². The summed E-state index contributed by atoms with van der Waals surface area (Å²) in [7, 11) is -3.81. The molecule has 7 heteroatoms. The molecule has 1 heterocycles. The van der Waals surface area contributed by atoms with Crippen LogP contribution in [-0.2, 0) is 14.8 Å². The zero-order valence-electron chi connectivity index (χ0n) is 13.1. The zero-order chi connectivity index (χ0) is 17.3. The van der Waals surface area contributed by atoms with E-state index in [-0.39, 0.29) is 23.9 Å². The van der Waals surface area contributed by atoms with Gasteiger partial charge >= 0.3 is 0 Å². The first-order chi connectivity index (χ1) is 11.4. The van der Waals surface area contributed by atoms with Crippen molar-refractivity contribution < 1.29 is 13.2 Å². The van der Waals surface area contributed by atoms with Gasteiger partial charge in [-0.3, -0.25) is 4.79 Å². The molecular formula is C17H17ClN2O3S. The van der Waals surface area contributed by atoms with Crippen LogP contribution in [0.25, 0.3) is 0 Å². The van der Waals surface area contributed by atoms with Gasteiger partial charge in [0.25, 0.3) is 0 Å². The van der Waals surface area contributed by atoms with Crippen molar-refractivity contribution in [3.05, 3.63) is 64.7 Å². The van der Waals surface area contributed by atoms with E-state index in [1.165, 1.54) is 28.6 Å². The molecule has 0 spiro atoms. The van der Waals surface area contributed by atoms with Gasteiger partial charge in [0.2, 0.25) is 15.9 Å². The molecule has 0 bridgehead atoms. The topological polar surface area (TPSA) is 66.5 Å². The molecule has 2 aromatic rings. The van der Waals surface area contributed by atoms with Gasteiger partial charge in [0, 0.05) is 18.1 Å². The number of carbonyl (C=O) groups excluding carboxylic acids is 1. The van der Waals surface area contributed by atoms with Crippen molar-refractivity contribution in [2.45, 2.75) is 17.9 Å². The number of hydrogen-bond acceptors (Lipinski definition) is 3. The average Bonchev–Trinajstić information content (AvgIpc) is 2.56. The lowest BCUT2D eigenvalue weighted by molar-refractivity contribution is -0.126. The molecule has 1 saturated heterocycles. The van der Waals surface area contributed by atoms with Crippen LogP contribution in [0.5, 0.6) is 0 Å². The summed E-state index contributed by atoms with van der Waals surface area (Å²) >= 11 is 5.84. The maximum atomic E-state index is 13.0. The van der Waals surface area contributed by atoms with Gasteiger partial charge in [-0.05, 0) is 36.8 Å². The Hall–Kier alpha value is -1.89. The monoisotopic (exact) mass is 364 g/mol. The predicted molar refractivity (Wildman–Crippen MR) is 92.3 cm³/mol. The minimum Gasteiger partial charge on any atom is -0.353 e. The Morgan fingerprint density at radius 1 is 1.08 bits per heavy atom. The average molecular weight is 365 g/mol. The van der Waals surface area contributed by atoms with E-state index in [2.05, 4.69) is 5.32 Å². The molecule has 24 heavy (non-hydrogen) atoms. The molecule has 1 N–H and O–H groups in total. The number of benzene rings is 2. The Balaban J connectivity index is 2.04. The zero-order valence-corrected chi connectivity index (χ0v) is 14.6. The Kier molecular flexibility index (Phi) is 4.62. The molecule has 1 atom stereocenters. The van der Waals surface area contributed by atoms with Gasteiger partial charge in [0.15, 0.2) is 0 Å². The first-order valence-corrected chi connectivity index (χ1v) is 9.33. The van der Waals surface area contributed by atoms with E-state index in [4.69, 9.17) is 11.6 Å². The van der Waals surface area contributed by atoms with Crippen molar-refractivity contribution in [2.24, 2.45) is 0 Å². The normalized spacial score (nSPS) is 19.1. The quantitative estimate of drug-likeness (QED) is 0.910. The molecule has 0 aliphatic carbocycles. The molecule has 2 aromatic carbocycles. The number of halogens is 1. The molecule has 5 nitrogen and oxygen atoms in total. The fourth-order valence-electron chi connectivity index (χ4n) is 2.71. The fraction of sp³-hybridized carbons (Fsp3) is 0.235. The smallest absolute Gasteiger partial charge is 0.244 e. The summed E-state index contributed by atoms with van der Waals surface area (Å²) in [6.07, 6.45) is 0. The van der Waals surface area contributed by atoms with Crippen LogP contribution in [0.2, 0.25) is 5.02 Å². The molecule has 0 aromatic heterocycles. The van der Waals surface area contributed by atoms with Gasteiger partial charge in [-0.1, -0.05) is 41.4 Å². The summed E-state index contributed by atoms with van der Waals surface area (Å²) in [6.45, 7) is 2.44. The van der Waals surface area contributed by atoms with Crippen molar-refractivity contribution in [3.8, 4) is 0 Å². The van der Waals surface area contributed by atoms with Crippen LogP contribution in [0.15, 0.2) is 53.4 Å². The SMILES string of the molecule is Cc1ccc(C2C(=O)NCCN2S(=O)(=O)c2ccc(Cl)cc2)cc1. The summed E-state index contributed by atoms with van der Waals surface area (Å²) in [5.41, 5.74) is 1.69. The molecule has 1 amide bonds. The van der Waals surface area contributed by atoms with Crippen LogP contribution in [0.3, 0.4) is 0 Å². The highest BCUT2D eigenvalue weighted by Crippen LogP contribution is 2.30. The third kappa shape index (κ3) is 3.17. The first-order valence-electron chi connectivity index (χ1n) is 7.51. The standard InChI is InChI=1S/C17H17ClN2O3S/c1-12-2-4-13(5-3-12)16-17(21)19-10-11-20(16)24(22,23)15-8-6-14(18)7-9-15/h2-9,16H,10-11H2,1H3,(H,19,21). The first kappa shape index (κ1) is 17.0. The maximum absolute atomic E-state index is 13.0. The Morgan fingerprint density at radius 2 is 1.71 bits per heavy atom. The number of hydrogen-bond donors (Lipinski definition) is 1. The number of piperazine rings is 1. The molecule has 0 saturated carbocycles. The summed E-state index contributed by atoms with van der Waals surface area (Å²) in [5, 5.41) is 3.20. The molecule has 126 valence electrons. The summed E-state index contributed by atoms with van der Waals surface area (Å²) < 4.78 is 27.2. The highest BCUT2D eigenvalue weighted by Gasteiger charge is 2.39. The largest absolute Gasteiger partial charge is 0.353 e. The van der Waals surface area contributed by atoms with E-state index < -0.39 is 16.1 Å². The van der Waals surface area contributed by atoms with Crippen molar-refractivity contribution in [2.75, 3.05) is 13.1 Å². The van der Waals surface area contributed by atoms with Crippen LogP contribution in [0, 0.1) is 6.92 Å². The minimum absolute atomic E-state index is 0.124. The van der Waals surface area contributed by atoms with Crippen LogP contribution >= 0.6 is 11.6 Å². The van der Waals surface area contributed by atoms with Gasteiger partial charge in [-0.15, -0.1) is 0 Å². The van der Waals surface area contributed by atoms with E-state index in [0.717, 1.165) is 5.56 Å². The second kappa shape index (κ2) is 6.55. The Labute approximate surface area is 146 Å². The number of carbonyl (C=O) groups is 1. The number of sulfonamides is 1. The number of nitrogens with zero attached hydrogens (tertiary/aromatic N) is 1. The van der Waals surface area contributed by atoms with E-state index in [1.54, 1.807) is 12.1 Å². The van der Waals surface area contributed by atoms with Crippen LogP contribution in [0.4, 0.5) is 0 Å². The molecule has 1 fully saturated rings. The number of amides is 1. The van der Waals surface area contributed by atoms with Gasteiger partial charge in [-0.25, -0.2) is 8.42 Å². The van der Waals surface area contributed by atoms with Gasteiger partial charge < -0.3 is 5.32 Å². The van der Waals surface area contributed by atoms with Gasteiger partial charge in [0.1, 0.15) is 6.04 Å². The second-order valence-electron chi connectivity index (χ2n) is 5.67. The van der Waals surface area contributed by atoms with E-state index in [0.29, 0.717) is 10.6 Å². The number of nitrogens with one attached hydrogen (secondary N) is 1. The lowest BCUT2D eigenvalue weighted by atomic mass is 10.0. The number of rotatable bonds is 3. The second-order valence-corrected chi connectivity index (χ2v) is 8.00. The summed E-state index contributed by atoms with van der Waals surface area (Å²) in [5.74, 6) is -0.317. The molecule has 1 unspecified atom stereocenters. The fourth-order valence-corrected chi connectivity index (χ4v) is 4.42. The Bertz CT molecular complexity index is 848. The maximum Gasteiger partial charge on any atom is 0.244 e. The third-order valence-corrected chi connectivity index (χ3v) is 6.11. The van der Waals surface area contributed by atoms with E-state index in [1.807, 2.05) is 19.1 Å². The predicted octanol–water partition coefficient (Wildman–Crippen LogP) is 2.51. The Morgan fingerprint density at radius 3 is 2.33 bits per heavy atom. The highest BCUT2D eigenvalue weighted by molar-refractivity contribution is 7.89. The lowest BCUT2D eigenvalue weighted by Crippen LogP contribution is -2.52.